The number of nitriles is 1. The minimum absolute atomic E-state index is 0.0692. The highest BCUT2D eigenvalue weighted by molar-refractivity contribution is 8.00. The summed E-state index contributed by atoms with van der Waals surface area (Å²) in [7, 11) is 0. The maximum Gasteiger partial charge on any atom is 0.0684 e. The summed E-state index contributed by atoms with van der Waals surface area (Å²) in [5, 5.41) is 21.8. The highest BCUT2D eigenvalue weighted by Crippen LogP contribution is 2.46. The van der Waals surface area contributed by atoms with Gasteiger partial charge in [0, 0.05) is 44.7 Å². The maximum atomic E-state index is 9.94. The van der Waals surface area contributed by atoms with E-state index in [1.165, 1.54) is 32.6 Å². The predicted octanol–water partition coefficient (Wildman–Crippen LogP) is 6.35. The first kappa shape index (κ1) is 21.3. The number of aromatic nitrogens is 1. The largest absolute Gasteiger partial charge is 0.392 e. The molecule has 156 valence electrons. The van der Waals surface area contributed by atoms with Gasteiger partial charge in [-0.15, -0.1) is 11.8 Å². The summed E-state index contributed by atoms with van der Waals surface area (Å²) in [6.45, 7) is 7.43. The van der Waals surface area contributed by atoms with E-state index in [0.717, 1.165) is 30.0 Å². The molecule has 0 saturated heterocycles. The van der Waals surface area contributed by atoms with Crippen molar-refractivity contribution in [2.24, 2.45) is 5.41 Å². The van der Waals surface area contributed by atoms with E-state index in [-0.39, 0.29) is 12.0 Å². The van der Waals surface area contributed by atoms with E-state index in [1.54, 1.807) is 0 Å². The molecule has 2 aromatic carbocycles. The minimum atomic E-state index is -0.113. The molecule has 30 heavy (non-hydrogen) atoms. The van der Waals surface area contributed by atoms with Gasteiger partial charge >= 0.3 is 0 Å². The number of halogens is 1. The van der Waals surface area contributed by atoms with Crippen molar-refractivity contribution in [2.45, 2.75) is 63.3 Å². The number of aliphatic hydroxyl groups is 1. The van der Waals surface area contributed by atoms with Gasteiger partial charge in [0.05, 0.1) is 12.7 Å². The van der Waals surface area contributed by atoms with Crippen molar-refractivity contribution in [3.8, 4) is 6.07 Å². The number of nitrogens with zero attached hydrogens (tertiary/aromatic N) is 2. The highest BCUT2D eigenvalue weighted by atomic mass is 35.5. The number of hydrogen-bond acceptors (Lipinski definition) is 3. The lowest BCUT2D eigenvalue weighted by Crippen LogP contribution is -2.18. The van der Waals surface area contributed by atoms with Gasteiger partial charge in [-0.05, 0) is 53.1 Å². The lowest BCUT2D eigenvalue weighted by atomic mass is 9.84. The van der Waals surface area contributed by atoms with Gasteiger partial charge in [-0.2, -0.15) is 5.26 Å². The molecule has 0 saturated carbocycles. The lowest BCUT2D eigenvalue weighted by Gasteiger charge is -2.25. The second kappa shape index (κ2) is 8.30. The Morgan fingerprint density at radius 3 is 2.63 bits per heavy atom. The van der Waals surface area contributed by atoms with Crippen molar-refractivity contribution >= 4 is 34.3 Å². The van der Waals surface area contributed by atoms with Crippen LogP contribution in [0.3, 0.4) is 0 Å². The standard InChI is InChI=1S/C25H27ClN2OS/c1-16-12-20-18(15-29)6-9-21-23(20)24(30-16)22(13-25(2,3)10-11-27)28(21)14-17-4-7-19(26)8-5-17/h4-9,16,29H,10,12-15H2,1-3H3. The van der Waals surface area contributed by atoms with Crippen LogP contribution in [0.2, 0.25) is 5.02 Å². The topological polar surface area (TPSA) is 48.9 Å². The fourth-order valence-corrected chi connectivity index (χ4v) is 5.91. The van der Waals surface area contributed by atoms with E-state index >= 15 is 0 Å². The molecule has 0 amide bonds. The maximum absolute atomic E-state index is 9.94. The summed E-state index contributed by atoms with van der Waals surface area (Å²) in [6.07, 6.45) is 2.33. The molecule has 5 heteroatoms. The molecular formula is C25H27ClN2OS. The zero-order chi connectivity index (χ0) is 21.5. The molecule has 0 spiro atoms. The van der Waals surface area contributed by atoms with E-state index in [1.807, 2.05) is 23.9 Å². The smallest absolute Gasteiger partial charge is 0.0684 e. The third-order valence-electron chi connectivity index (χ3n) is 5.93. The van der Waals surface area contributed by atoms with E-state index in [4.69, 9.17) is 11.6 Å². The van der Waals surface area contributed by atoms with Crippen molar-refractivity contribution < 1.29 is 5.11 Å². The summed E-state index contributed by atoms with van der Waals surface area (Å²) < 4.78 is 2.42. The molecule has 3 aromatic rings. The molecule has 0 fully saturated rings. The summed E-state index contributed by atoms with van der Waals surface area (Å²) in [6, 6.07) is 14.6. The summed E-state index contributed by atoms with van der Waals surface area (Å²) in [4.78, 5) is 1.33. The van der Waals surface area contributed by atoms with Crippen molar-refractivity contribution in [3.63, 3.8) is 0 Å². The van der Waals surface area contributed by atoms with Crippen molar-refractivity contribution in [1.82, 2.24) is 4.57 Å². The molecule has 3 nitrogen and oxygen atoms in total. The number of hydrogen-bond donors (Lipinski definition) is 1. The fraction of sp³-hybridized carbons (Fsp3) is 0.400. The Balaban J connectivity index is 1.94. The Hall–Kier alpha value is -1.93. The number of thioether (sulfide) groups is 1. The third kappa shape index (κ3) is 3.99. The predicted molar refractivity (Wildman–Crippen MR) is 125 cm³/mol. The second-order valence-corrected chi connectivity index (χ2v) is 10.9. The quantitative estimate of drug-likeness (QED) is 0.487. The lowest BCUT2D eigenvalue weighted by molar-refractivity contribution is 0.281. The average Bonchev–Trinajstić information content (AvgIpc) is 2.97. The van der Waals surface area contributed by atoms with Crippen LogP contribution < -0.4 is 0 Å². The zero-order valence-electron chi connectivity index (χ0n) is 17.7. The Morgan fingerprint density at radius 1 is 1.23 bits per heavy atom. The first-order valence-electron chi connectivity index (χ1n) is 10.4. The molecule has 1 aliphatic heterocycles. The van der Waals surface area contributed by atoms with Gasteiger partial charge in [0.15, 0.2) is 0 Å². The molecule has 1 atom stereocenters. The molecule has 1 N–H and O–H groups in total. The molecule has 1 aromatic heterocycles. The Morgan fingerprint density at radius 2 is 1.97 bits per heavy atom. The van der Waals surface area contributed by atoms with E-state index < -0.39 is 0 Å². The molecule has 0 radical (unpaired) electrons. The van der Waals surface area contributed by atoms with Crippen LogP contribution >= 0.6 is 23.4 Å². The molecule has 1 aliphatic rings. The normalized spacial score (nSPS) is 16.1. The van der Waals surface area contributed by atoms with Crippen LogP contribution in [0.15, 0.2) is 41.3 Å². The third-order valence-corrected chi connectivity index (χ3v) is 7.43. The summed E-state index contributed by atoms with van der Waals surface area (Å²) in [5.74, 6) is 0. The van der Waals surface area contributed by atoms with Gasteiger partial charge in [0.1, 0.15) is 0 Å². The number of aliphatic hydroxyl groups excluding tert-OH is 1. The number of rotatable bonds is 6. The van der Waals surface area contributed by atoms with Crippen molar-refractivity contribution in [3.05, 3.63) is 63.8 Å². The van der Waals surface area contributed by atoms with E-state index in [9.17, 15) is 10.4 Å². The molecular weight excluding hydrogens is 412 g/mol. The Bertz CT molecular complexity index is 1120. The SMILES string of the molecule is CC1Cc2c(CO)ccc3c2c(c(CC(C)(C)CC#N)n3Cc2ccc(Cl)cc2)S1. The molecule has 0 bridgehead atoms. The van der Waals surface area contributed by atoms with Crippen LogP contribution in [0.5, 0.6) is 0 Å². The Labute approximate surface area is 187 Å². The monoisotopic (exact) mass is 438 g/mol. The van der Waals surface area contributed by atoms with Crippen molar-refractivity contribution in [1.29, 1.82) is 5.26 Å². The van der Waals surface area contributed by atoms with Gasteiger partial charge in [-0.3, -0.25) is 0 Å². The first-order valence-corrected chi connectivity index (χ1v) is 11.6. The number of benzene rings is 2. The van der Waals surface area contributed by atoms with Gasteiger partial charge in [0.25, 0.3) is 0 Å². The van der Waals surface area contributed by atoms with Crippen molar-refractivity contribution in [2.75, 3.05) is 0 Å². The van der Waals surface area contributed by atoms with Crippen LogP contribution in [-0.2, 0) is 26.0 Å². The molecule has 0 aliphatic carbocycles. The van der Waals surface area contributed by atoms with Gasteiger partial charge in [-0.25, -0.2) is 0 Å². The summed E-state index contributed by atoms with van der Waals surface area (Å²) in [5.41, 5.74) is 5.92. The minimum Gasteiger partial charge on any atom is -0.392 e. The van der Waals surface area contributed by atoms with Crippen LogP contribution in [0, 0.1) is 16.7 Å². The van der Waals surface area contributed by atoms with Crippen LogP contribution in [0.25, 0.3) is 10.9 Å². The van der Waals surface area contributed by atoms with Crippen LogP contribution in [-0.4, -0.2) is 14.9 Å². The zero-order valence-corrected chi connectivity index (χ0v) is 19.3. The van der Waals surface area contributed by atoms with Gasteiger partial charge in [-0.1, -0.05) is 50.6 Å². The average molecular weight is 439 g/mol. The van der Waals surface area contributed by atoms with Crippen LogP contribution in [0.1, 0.15) is 49.6 Å². The van der Waals surface area contributed by atoms with Gasteiger partial charge < -0.3 is 9.67 Å². The molecule has 2 heterocycles. The first-order chi connectivity index (χ1) is 14.3. The van der Waals surface area contributed by atoms with Gasteiger partial charge in [0.2, 0.25) is 0 Å². The fourth-order valence-electron chi connectivity index (χ4n) is 4.47. The Kier molecular flexibility index (Phi) is 5.90. The van der Waals surface area contributed by atoms with E-state index in [0.29, 0.717) is 11.7 Å². The molecule has 4 rings (SSSR count). The van der Waals surface area contributed by atoms with Crippen LogP contribution in [0.4, 0.5) is 0 Å². The summed E-state index contributed by atoms with van der Waals surface area (Å²) >= 11 is 8.04. The second-order valence-electron chi connectivity index (χ2n) is 9.05. The highest BCUT2D eigenvalue weighted by Gasteiger charge is 2.31. The molecule has 1 unspecified atom stereocenters. The van der Waals surface area contributed by atoms with E-state index in [2.05, 4.69) is 55.7 Å².